The van der Waals surface area contributed by atoms with Crippen LogP contribution < -0.4 is 10.2 Å². The third-order valence-electron chi connectivity index (χ3n) is 6.02. The predicted octanol–water partition coefficient (Wildman–Crippen LogP) is 3.36. The molecule has 0 radical (unpaired) electrons. The highest BCUT2D eigenvalue weighted by atomic mass is 16.2. The molecule has 0 unspecified atom stereocenters. The predicted molar refractivity (Wildman–Crippen MR) is 119 cm³/mol. The number of hydrogen-bond donors (Lipinski definition) is 1. The van der Waals surface area contributed by atoms with Gasteiger partial charge >= 0.3 is 0 Å². The van der Waals surface area contributed by atoms with Crippen LogP contribution in [0.4, 0.5) is 5.95 Å². The number of amides is 2. The summed E-state index contributed by atoms with van der Waals surface area (Å²) in [7, 11) is 0. The molecule has 3 heterocycles. The van der Waals surface area contributed by atoms with E-state index in [9.17, 15) is 9.59 Å². The van der Waals surface area contributed by atoms with E-state index in [0.29, 0.717) is 37.6 Å². The van der Waals surface area contributed by atoms with Crippen molar-refractivity contribution < 1.29 is 9.59 Å². The molecule has 2 aliphatic heterocycles. The maximum absolute atomic E-state index is 13.2. The summed E-state index contributed by atoms with van der Waals surface area (Å²) in [5.74, 6) is 0.969. The zero-order chi connectivity index (χ0) is 21.7. The van der Waals surface area contributed by atoms with E-state index in [-0.39, 0.29) is 29.7 Å². The number of carbonyl (C=O) groups is 2. The Hall–Kier alpha value is -2.18. The van der Waals surface area contributed by atoms with E-state index in [1.54, 1.807) is 0 Å². The topological polar surface area (TPSA) is 78.4 Å². The van der Waals surface area contributed by atoms with Gasteiger partial charge in [0.15, 0.2) is 0 Å². The molecule has 1 aromatic rings. The van der Waals surface area contributed by atoms with E-state index >= 15 is 0 Å². The zero-order valence-electron chi connectivity index (χ0n) is 19.0. The zero-order valence-corrected chi connectivity index (χ0v) is 19.0. The van der Waals surface area contributed by atoms with Gasteiger partial charge in [0.1, 0.15) is 5.69 Å². The van der Waals surface area contributed by atoms with Crippen molar-refractivity contribution in [1.82, 2.24) is 20.2 Å². The summed E-state index contributed by atoms with van der Waals surface area (Å²) < 4.78 is 0. The van der Waals surface area contributed by atoms with Gasteiger partial charge in [-0.25, -0.2) is 9.97 Å². The van der Waals surface area contributed by atoms with Crippen molar-refractivity contribution in [1.29, 1.82) is 0 Å². The van der Waals surface area contributed by atoms with Gasteiger partial charge in [-0.2, -0.15) is 0 Å². The van der Waals surface area contributed by atoms with Crippen LogP contribution in [-0.2, 0) is 4.79 Å². The van der Waals surface area contributed by atoms with Crippen LogP contribution in [0, 0.1) is 5.92 Å². The molecular formula is C23H37N5O2. The molecule has 2 aliphatic rings. The summed E-state index contributed by atoms with van der Waals surface area (Å²) in [5.41, 5.74) is 1.40. The largest absolute Gasteiger partial charge is 0.354 e. The highest BCUT2D eigenvalue weighted by molar-refractivity contribution is 5.93. The van der Waals surface area contributed by atoms with Gasteiger partial charge in [0.05, 0.1) is 0 Å². The molecular weight excluding hydrogens is 378 g/mol. The van der Waals surface area contributed by atoms with Crippen LogP contribution in [0.5, 0.6) is 0 Å². The second kappa shape index (κ2) is 10.2. The lowest BCUT2D eigenvalue weighted by Crippen LogP contribution is -2.44. The summed E-state index contributed by atoms with van der Waals surface area (Å²) in [6.07, 6.45) is 6.17. The number of nitrogens with one attached hydrogen (secondary N) is 1. The maximum atomic E-state index is 13.2. The Balaban J connectivity index is 1.73. The van der Waals surface area contributed by atoms with Gasteiger partial charge in [-0.3, -0.25) is 9.59 Å². The van der Waals surface area contributed by atoms with Crippen molar-refractivity contribution in [3.05, 3.63) is 17.5 Å². The summed E-state index contributed by atoms with van der Waals surface area (Å²) in [5, 5.41) is 2.99. The second-order valence-electron chi connectivity index (χ2n) is 9.26. The van der Waals surface area contributed by atoms with E-state index < -0.39 is 0 Å². The third-order valence-corrected chi connectivity index (χ3v) is 6.02. The minimum absolute atomic E-state index is 0.0132. The van der Waals surface area contributed by atoms with Crippen LogP contribution in [0.2, 0.25) is 0 Å². The normalized spacial score (nSPS) is 18.6. The van der Waals surface area contributed by atoms with E-state index in [1.807, 2.05) is 24.8 Å². The molecule has 2 amide bonds. The first-order valence-electron chi connectivity index (χ1n) is 11.6. The Labute approximate surface area is 180 Å². The summed E-state index contributed by atoms with van der Waals surface area (Å²) in [6.45, 7) is 11.2. The molecule has 2 saturated heterocycles. The molecule has 0 bridgehead atoms. The molecule has 0 saturated carbocycles. The van der Waals surface area contributed by atoms with E-state index in [4.69, 9.17) is 9.97 Å². The van der Waals surface area contributed by atoms with Crippen LogP contribution in [0.25, 0.3) is 0 Å². The van der Waals surface area contributed by atoms with Crippen LogP contribution in [0.3, 0.4) is 0 Å². The number of likely N-dealkylation sites (tertiary alicyclic amines) is 1. The van der Waals surface area contributed by atoms with Crippen molar-refractivity contribution in [2.75, 3.05) is 31.1 Å². The Kier molecular flexibility index (Phi) is 7.67. The summed E-state index contributed by atoms with van der Waals surface area (Å²) in [6, 6.07) is 2.00. The van der Waals surface area contributed by atoms with Crippen molar-refractivity contribution >= 4 is 17.8 Å². The first kappa shape index (κ1) is 22.5. The molecule has 7 nitrogen and oxygen atoms in total. The number of hydrogen-bond acceptors (Lipinski definition) is 5. The standard InChI is InChI=1S/C23H37N5O2/c1-16(2)19-15-20(26-23(25-19)28-11-7-5-6-8-12-28)22(30)27-13-9-18(10-14-27)21(29)24-17(3)4/h15-18H,5-14H2,1-4H3,(H,24,29). The molecule has 1 aromatic heterocycles. The average molecular weight is 416 g/mol. The Morgan fingerprint density at radius 2 is 1.60 bits per heavy atom. The summed E-state index contributed by atoms with van der Waals surface area (Å²) >= 11 is 0. The van der Waals surface area contributed by atoms with Gasteiger partial charge in [-0.1, -0.05) is 26.7 Å². The van der Waals surface area contributed by atoms with Crippen molar-refractivity contribution in [3.63, 3.8) is 0 Å². The quantitative estimate of drug-likeness (QED) is 0.798. The van der Waals surface area contributed by atoms with Gasteiger partial charge in [0.25, 0.3) is 5.91 Å². The lowest BCUT2D eigenvalue weighted by molar-refractivity contribution is -0.126. The monoisotopic (exact) mass is 415 g/mol. The first-order chi connectivity index (χ1) is 14.3. The van der Waals surface area contributed by atoms with E-state index in [1.165, 1.54) is 12.8 Å². The molecule has 0 aromatic carbocycles. The molecule has 0 spiro atoms. The van der Waals surface area contributed by atoms with Crippen LogP contribution in [0.15, 0.2) is 6.07 Å². The molecule has 30 heavy (non-hydrogen) atoms. The minimum atomic E-state index is -0.0434. The lowest BCUT2D eigenvalue weighted by Gasteiger charge is -2.32. The average Bonchev–Trinajstić information content (AvgIpc) is 3.02. The van der Waals surface area contributed by atoms with Gasteiger partial charge in [-0.05, 0) is 51.5 Å². The number of rotatable bonds is 5. The van der Waals surface area contributed by atoms with Crippen LogP contribution in [-0.4, -0.2) is 58.9 Å². The SMILES string of the molecule is CC(C)NC(=O)C1CCN(C(=O)c2cc(C(C)C)nc(N3CCCCCC3)n2)CC1. The number of carbonyl (C=O) groups excluding carboxylic acids is 2. The van der Waals surface area contributed by atoms with Gasteiger partial charge in [-0.15, -0.1) is 0 Å². The Bertz CT molecular complexity index is 733. The fourth-order valence-electron chi connectivity index (χ4n) is 4.18. The molecule has 7 heteroatoms. The molecule has 3 rings (SSSR count). The molecule has 2 fully saturated rings. The van der Waals surface area contributed by atoms with Crippen molar-refractivity contribution in [2.45, 2.75) is 78.2 Å². The third kappa shape index (κ3) is 5.70. The first-order valence-corrected chi connectivity index (χ1v) is 11.6. The van der Waals surface area contributed by atoms with Crippen molar-refractivity contribution in [2.24, 2.45) is 5.92 Å². The molecule has 0 atom stereocenters. The minimum Gasteiger partial charge on any atom is -0.354 e. The maximum Gasteiger partial charge on any atom is 0.272 e. The Morgan fingerprint density at radius 1 is 0.967 bits per heavy atom. The number of anilines is 1. The highest BCUT2D eigenvalue weighted by Crippen LogP contribution is 2.23. The fourth-order valence-corrected chi connectivity index (χ4v) is 4.18. The number of aromatic nitrogens is 2. The fraction of sp³-hybridized carbons (Fsp3) is 0.739. The molecule has 0 aliphatic carbocycles. The smallest absolute Gasteiger partial charge is 0.272 e. The van der Waals surface area contributed by atoms with E-state index in [0.717, 1.165) is 31.6 Å². The number of piperidine rings is 1. The van der Waals surface area contributed by atoms with Crippen molar-refractivity contribution in [3.8, 4) is 0 Å². The van der Waals surface area contributed by atoms with Gasteiger partial charge in [0.2, 0.25) is 11.9 Å². The second-order valence-corrected chi connectivity index (χ2v) is 9.26. The molecule has 1 N–H and O–H groups in total. The van der Waals surface area contributed by atoms with Crippen LogP contribution >= 0.6 is 0 Å². The Morgan fingerprint density at radius 3 is 2.17 bits per heavy atom. The van der Waals surface area contributed by atoms with E-state index in [2.05, 4.69) is 24.1 Å². The summed E-state index contributed by atoms with van der Waals surface area (Å²) in [4.78, 5) is 39.1. The highest BCUT2D eigenvalue weighted by Gasteiger charge is 2.29. The van der Waals surface area contributed by atoms with Gasteiger partial charge < -0.3 is 15.1 Å². The lowest BCUT2D eigenvalue weighted by atomic mass is 9.95. The molecule has 166 valence electrons. The van der Waals surface area contributed by atoms with Crippen LogP contribution in [0.1, 0.15) is 88.3 Å². The number of nitrogens with zero attached hydrogens (tertiary/aromatic N) is 4. The van der Waals surface area contributed by atoms with Gasteiger partial charge in [0, 0.05) is 43.8 Å².